The second-order valence-electron chi connectivity index (χ2n) is 5.47. The highest BCUT2D eigenvalue weighted by atomic mass is 35.5. The number of halogens is 4. The second-order valence-corrected chi connectivity index (χ2v) is 6.42. The van der Waals surface area contributed by atoms with Crippen molar-refractivity contribution in [1.29, 1.82) is 0 Å². The molecule has 0 heterocycles. The molecule has 116 valence electrons. The van der Waals surface area contributed by atoms with Crippen LogP contribution in [0.5, 0.6) is 0 Å². The first-order chi connectivity index (χ1) is 9.84. The van der Waals surface area contributed by atoms with Crippen LogP contribution in [0.3, 0.4) is 0 Å². The predicted molar refractivity (Wildman–Crippen MR) is 83.7 cm³/mol. The van der Waals surface area contributed by atoms with Crippen LogP contribution in [0.15, 0.2) is 29.3 Å². The molecule has 0 amide bonds. The maximum atomic E-state index is 12.6. The summed E-state index contributed by atoms with van der Waals surface area (Å²) in [6.45, 7) is 0. The van der Waals surface area contributed by atoms with Gasteiger partial charge in [-0.05, 0) is 62.3 Å². The van der Waals surface area contributed by atoms with Crippen LogP contribution in [0.25, 0.3) is 0 Å². The van der Waals surface area contributed by atoms with Crippen LogP contribution in [-0.2, 0) is 0 Å². The van der Waals surface area contributed by atoms with E-state index < -0.39 is 12.1 Å². The van der Waals surface area contributed by atoms with Crippen molar-refractivity contribution in [3.63, 3.8) is 0 Å². The Balaban J connectivity index is 1.87. The first kappa shape index (κ1) is 16.7. The van der Waals surface area contributed by atoms with Crippen molar-refractivity contribution in [3.8, 4) is 0 Å². The van der Waals surface area contributed by atoms with Crippen molar-refractivity contribution < 1.29 is 13.2 Å². The van der Waals surface area contributed by atoms with Gasteiger partial charge in [0.25, 0.3) is 0 Å². The molecule has 1 aliphatic rings. The molecule has 0 bridgehead atoms. The summed E-state index contributed by atoms with van der Waals surface area (Å²) in [5.41, 5.74) is 0.758. The monoisotopic (exact) mass is 335 g/mol. The molecule has 2 rings (SSSR count). The number of nitrogens with zero attached hydrogens (tertiary/aromatic N) is 1. The average Bonchev–Trinajstić information content (AvgIpc) is 2.41. The molecule has 1 nitrogen and oxygen atoms in total. The number of hydrogen-bond donors (Lipinski definition) is 1. The van der Waals surface area contributed by atoms with Gasteiger partial charge in [0, 0.05) is 5.02 Å². The van der Waals surface area contributed by atoms with Crippen LogP contribution in [0.2, 0.25) is 5.02 Å². The van der Waals surface area contributed by atoms with E-state index in [0.29, 0.717) is 29.3 Å². The molecule has 0 aliphatic heterocycles. The van der Waals surface area contributed by atoms with Crippen LogP contribution in [-0.4, -0.2) is 11.2 Å². The molecule has 0 radical (unpaired) electrons. The zero-order valence-corrected chi connectivity index (χ0v) is 13.1. The first-order valence-corrected chi connectivity index (χ1v) is 7.76. The minimum absolute atomic E-state index is 0.218. The fraction of sp³-hybridized carbons (Fsp3) is 0.533. The highest BCUT2D eigenvalue weighted by Gasteiger charge is 2.41. The lowest BCUT2D eigenvalue weighted by molar-refractivity contribution is -0.183. The van der Waals surface area contributed by atoms with Gasteiger partial charge in [0.05, 0.1) is 16.6 Å². The van der Waals surface area contributed by atoms with Crippen LogP contribution < -0.4 is 0 Å². The highest BCUT2D eigenvalue weighted by Crippen LogP contribution is 2.40. The summed E-state index contributed by atoms with van der Waals surface area (Å²) in [6.07, 6.45) is -1.80. The number of thiol groups is 1. The Labute approximate surface area is 133 Å². The number of benzene rings is 1. The van der Waals surface area contributed by atoms with Gasteiger partial charge in [0.2, 0.25) is 0 Å². The molecular formula is C15H17ClF3NS. The van der Waals surface area contributed by atoms with Gasteiger partial charge in [-0.2, -0.15) is 13.2 Å². The zero-order chi connectivity index (χ0) is 15.5. The van der Waals surface area contributed by atoms with Gasteiger partial charge in [0.15, 0.2) is 0 Å². The fourth-order valence-corrected chi connectivity index (χ4v) is 3.16. The van der Waals surface area contributed by atoms with E-state index in [9.17, 15) is 13.2 Å². The van der Waals surface area contributed by atoms with E-state index in [1.165, 1.54) is 0 Å². The van der Waals surface area contributed by atoms with Gasteiger partial charge < -0.3 is 0 Å². The summed E-state index contributed by atoms with van der Waals surface area (Å²) in [5.74, 6) is -0.891. The molecule has 1 aliphatic carbocycles. The van der Waals surface area contributed by atoms with Gasteiger partial charge >= 0.3 is 6.18 Å². The highest BCUT2D eigenvalue weighted by molar-refractivity contribution is 7.97. The van der Waals surface area contributed by atoms with Crippen LogP contribution in [0.4, 0.5) is 18.9 Å². The van der Waals surface area contributed by atoms with Gasteiger partial charge in [-0.1, -0.05) is 11.6 Å². The molecular weight excluding hydrogens is 319 g/mol. The molecule has 1 fully saturated rings. The maximum absolute atomic E-state index is 12.6. The van der Waals surface area contributed by atoms with E-state index in [2.05, 4.69) is 17.6 Å². The van der Waals surface area contributed by atoms with Crippen molar-refractivity contribution in [2.45, 2.75) is 38.3 Å². The molecule has 6 heteroatoms. The van der Waals surface area contributed by atoms with Crippen molar-refractivity contribution in [3.05, 3.63) is 29.3 Å². The van der Waals surface area contributed by atoms with E-state index >= 15 is 0 Å². The Hall–Kier alpha value is -0.680. The Morgan fingerprint density at radius 1 is 1.14 bits per heavy atom. The summed E-state index contributed by atoms with van der Waals surface area (Å²) < 4.78 is 37.8. The maximum Gasteiger partial charge on any atom is 0.391 e. The van der Waals surface area contributed by atoms with Gasteiger partial charge in [-0.25, -0.2) is 4.99 Å². The van der Waals surface area contributed by atoms with E-state index in [1.807, 2.05) is 0 Å². The minimum Gasteiger partial charge on any atom is -0.247 e. The molecule has 0 saturated heterocycles. The Morgan fingerprint density at radius 2 is 1.71 bits per heavy atom. The van der Waals surface area contributed by atoms with E-state index in [4.69, 9.17) is 11.6 Å². The van der Waals surface area contributed by atoms with E-state index in [0.717, 1.165) is 5.69 Å². The molecule has 1 saturated carbocycles. The molecule has 0 aromatic heterocycles. The summed E-state index contributed by atoms with van der Waals surface area (Å²) in [4.78, 5) is 4.36. The molecule has 1 aromatic rings. The summed E-state index contributed by atoms with van der Waals surface area (Å²) in [5, 5.41) is 1.30. The second kappa shape index (κ2) is 7.05. The zero-order valence-electron chi connectivity index (χ0n) is 11.4. The van der Waals surface area contributed by atoms with Crippen LogP contribution in [0.1, 0.15) is 32.1 Å². The van der Waals surface area contributed by atoms with Crippen LogP contribution >= 0.6 is 24.2 Å². The molecule has 0 N–H and O–H groups in total. The smallest absolute Gasteiger partial charge is 0.247 e. The lowest BCUT2D eigenvalue weighted by Crippen LogP contribution is -2.28. The summed E-state index contributed by atoms with van der Waals surface area (Å²) >= 11 is 10.1. The minimum atomic E-state index is -4.05. The van der Waals surface area contributed by atoms with E-state index in [-0.39, 0.29) is 18.8 Å². The van der Waals surface area contributed by atoms with Gasteiger partial charge in [0.1, 0.15) is 0 Å². The third-order valence-electron chi connectivity index (χ3n) is 3.87. The van der Waals surface area contributed by atoms with Gasteiger partial charge in [-0.15, -0.1) is 12.6 Å². The molecule has 0 atom stereocenters. The topological polar surface area (TPSA) is 12.4 Å². The number of rotatable bonds is 3. The molecule has 1 aromatic carbocycles. The average molecular weight is 336 g/mol. The number of alkyl halides is 3. The standard InChI is InChI=1S/C15H17ClF3NS/c16-12-5-7-13(8-6-12)20-14(21)9-10-1-3-11(4-2-10)15(17,18)19/h5-8,10-11H,1-4,9H2,(H,20,21). The number of hydrogen-bond acceptors (Lipinski definition) is 1. The lowest BCUT2D eigenvalue weighted by Gasteiger charge is -2.29. The largest absolute Gasteiger partial charge is 0.391 e. The van der Waals surface area contributed by atoms with Crippen LogP contribution in [0, 0.1) is 11.8 Å². The molecule has 0 unspecified atom stereocenters. The van der Waals surface area contributed by atoms with E-state index in [1.54, 1.807) is 24.3 Å². The van der Waals surface area contributed by atoms with Crippen molar-refractivity contribution in [2.75, 3.05) is 0 Å². The Kier molecular flexibility index (Phi) is 5.60. The quantitative estimate of drug-likeness (QED) is 0.391. The Bertz CT molecular complexity index is 491. The SMILES string of the molecule is FC(F)(F)C1CCC(C/C(S)=N\c2ccc(Cl)cc2)CC1. The molecule has 21 heavy (non-hydrogen) atoms. The summed E-state index contributed by atoms with van der Waals surface area (Å²) in [7, 11) is 0. The lowest BCUT2D eigenvalue weighted by atomic mass is 9.80. The number of aliphatic imine (C=N–C) groups is 1. The third-order valence-corrected chi connectivity index (χ3v) is 4.40. The normalized spacial score (nSPS) is 24.1. The first-order valence-electron chi connectivity index (χ1n) is 6.93. The van der Waals surface area contributed by atoms with Crippen molar-refractivity contribution >= 4 is 35.0 Å². The van der Waals surface area contributed by atoms with Gasteiger partial charge in [-0.3, -0.25) is 0 Å². The fourth-order valence-electron chi connectivity index (χ4n) is 2.66. The predicted octanol–water partition coefficient (Wildman–Crippen LogP) is 6.06. The summed E-state index contributed by atoms with van der Waals surface area (Å²) in [6, 6.07) is 7.07. The third kappa shape index (κ3) is 5.22. The van der Waals surface area contributed by atoms with Crippen molar-refractivity contribution in [1.82, 2.24) is 0 Å². The molecule has 0 spiro atoms. The van der Waals surface area contributed by atoms with Crippen molar-refractivity contribution in [2.24, 2.45) is 16.8 Å². The Morgan fingerprint density at radius 3 is 2.24 bits per heavy atom.